The molecule has 0 atom stereocenters. The first kappa shape index (κ1) is 10.8. The van der Waals surface area contributed by atoms with Crippen LogP contribution in [0.25, 0.3) is 0 Å². The van der Waals surface area contributed by atoms with Gasteiger partial charge in [0.25, 0.3) is 0 Å². The Balaban J connectivity index is 2.39. The van der Waals surface area contributed by atoms with Crippen molar-refractivity contribution in [1.82, 2.24) is 9.97 Å². The molecule has 3 nitrogen and oxygen atoms in total. The summed E-state index contributed by atoms with van der Waals surface area (Å²) in [7, 11) is 0. The van der Waals surface area contributed by atoms with Crippen LogP contribution in [0.15, 0.2) is 36.8 Å². The number of pyridine rings is 2. The molecule has 0 N–H and O–H groups in total. The van der Waals surface area contributed by atoms with Crippen LogP contribution in [-0.4, -0.2) is 15.8 Å². The Labute approximate surface area is 98.1 Å². The summed E-state index contributed by atoms with van der Waals surface area (Å²) in [5.41, 5.74) is 2.03. The van der Waals surface area contributed by atoms with E-state index in [1.54, 1.807) is 30.6 Å². The molecular formula is C12H9ClN2O. The second-order valence-corrected chi connectivity index (χ2v) is 3.83. The van der Waals surface area contributed by atoms with Crippen molar-refractivity contribution in [2.75, 3.05) is 0 Å². The first-order chi connectivity index (χ1) is 7.66. The van der Waals surface area contributed by atoms with Crippen LogP contribution in [0.5, 0.6) is 0 Å². The molecule has 0 aliphatic rings. The number of rotatable bonds is 2. The molecule has 80 valence electrons. The highest BCUT2D eigenvalue weighted by Gasteiger charge is 2.09. The fourth-order valence-corrected chi connectivity index (χ4v) is 1.56. The number of nitrogens with zero attached hydrogens (tertiary/aromatic N) is 2. The second kappa shape index (κ2) is 4.41. The molecule has 0 aliphatic heterocycles. The summed E-state index contributed by atoms with van der Waals surface area (Å²) in [6.45, 7) is 1.89. The van der Waals surface area contributed by atoms with Crippen LogP contribution in [0.1, 0.15) is 21.5 Å². The van der Waals surface area contributed by atoms with Crippen LogP contribution in [0.3, 0.4) is 0 Å². The summed E-state index contributed by atoms with van der Waals surface area (Å²) in [6, 6.07) is 4.98. The molecule has 0 bridgehead atoms. The van der Waals surface area contributed by atoms with Crippen LogP contribution in [-0.2, 0) is 0 Å². The zero-order valence-corrected chi connectivity index (χ0v) is 9.40. The van der Waals surface area contributed by atoms with Crippen molar-refractivity contribution in [2.45, 2.75) is 6.92 Å². The van der Waals surface area contributed by atoms with E-state index < -0.39 is 0 Å². The smallest absolute Gasteiger partial charge is 0.194 e. The lowest BCUT2D eigenvalue weighted by Crippen LogP contribution is -2.02. The van der Waals surface area contributed by atoms with E-state index in [0.717, 1.165) is 5.56 Å². The number of hydrogen-bond acceptors (Lipinski definition) is 3. The number of ketones is 1. The minimum Gasteiger partial charge on any atom is -0.289 e. The first-order valence-electron chi connectivity index (χ1n) is 4.75. The van der Waals surface area contributed by atoms with Crippen LogP contribution < -0.4 is 0 Å². The molecule has 0 fully saturated rings. The van der Waals surface area contributed by atoms with Crippen LogP contribution in [0.4, 0.5) is 0 Å². The number of hydrogen-bond donors (Lipinski definition) is 0. The molecule has 0 saturated carbocycles. The molecule has 0 spiro atoms. The predicted molar refractivity (Wildman–Crippen MR) is 61.7 cm³/mol. The van der Waals surface area contributed by atoms with Gasteiger partial charge in [0.15, 0.2) is 5.78 Å². The normalized spacial score (nSPS) is 10.1. The zero-order valence-electron chi connectivity index (χ0n) is 8.64. The van der Waals surface area contributed by atoms with E-state index in [0.29, 0.717) is 16.3 Å². The summed E-state index contributed by atoms with van der Waals surface area (Å²) < 4.78 is 0. The first-order valence-corrected chi connectivity index (χ1v) is 5.12. The summed E-state index contributed by atoms with van der Waals surface area (Å²) in [4.78, 5) is 19.8. The van der Waals surface area contributed by atoms with E-state index in [1.807, 2.05) is 6.92 Å². The Bertz CT molecular complexity index is 493. The SMILES string of the molecule is Cc1cncc(C(=O)c2ccnc(Cl)c2)c1. The molecule has 2 aromatic heterocycles. The van der Waals surface area contributed by atoms with Gasteiger partial charge in [-0.05, 0) is 30.7 Å². The summed E-state index contributed by atoms with van der Waals surface area (Å²) in [5, 5.41) is 0.312. The number of aryl methyl sites for hydroxylation is 1. The van der Waals surface area contributed by atoms with Crippen molar-refractivity contribution in [2.24, 2.45) is 0 Å². The quantitative estimate of drug-likeness (QED) is 0.591. The number of aromatic nitrogens is 2. The van der Waals surface area contributed by atoms with Crippen LogP contribution in [0, 0.1) is 6.92 Å². The highest BCUT2D eigenvalue weighted by atomic mass is 35.5. The third-order valence-corrected chi connectivity index (χ3v) is 2.33. The maximum Gasteiger partial charge on any atom is 0.194 e. The summed E-state index contributed by atoms with van der Waals surface area (Å²) in [6.07, 6.45) is 4.76. The van der Waals surface area contributed by atoms with Gasteiger partial charge in [-0.2, -0.15) is 0 Å². The van der Waals surface area contributed by atoms with Crippen molar-refractivity contribution in [3.8, 4) is 0 Å². The lowest BCUT2D eigenvalue weighted by atomic mass is 10.1. The highest BCUT2D eigenvalue weighted by Crippen LogP contribution is 2.12. The van der Waals surface area contributed by atoms with Gasteiger partial charge < -0.3 is 0 Å². The van der Waals surface area contributed by atoms with E-state index in [-0.39, 0.29) is 5.78 Å². The molecule has 0 radical (unpaired) electrons. The molecule has 0 amide bonds. The monoisotopic (exact) mass is 232 g/mol. The largest absolute Gasteiger partial charge is 0.289 e. The lowest BCUT2D eigenvalue weighted by molar-refractivity contribution is 0.103. The Morgan fingerprint density at radius 3 is 2.75 bits per heavy atom. The molecule has 16 heavy (non-hydrogen) atoms. The molecule has 0 aliphatic carbocycles. The van der Waals surface area contributed by atoms with Gasteiger partial charge >= 0.3 is 0 Å². The molecule has 0 saturated heterocycles. The fraction of sp³-hybridized carbons (Fsp3) is 0.0833. The van der Waals surface area contributed by atoms with Gasteiger partial charge in [0, 0.05) is 29.7 Å². The Kier molecular flexibility index (Phi) is 2.97. The maximum absolute atomic E-state index is 12.0. The molecule has 0 unspecified atom stereocenters. The topological polar surface area (TPSA) is 42.9 Å². The molecule has 2 heterocycles. The zero-order chi connectivity index (χ0) is 11.5. The van der Waals surface area contributed by atoms with Gasteiger partial charge in [0.2, 0.25) is 0 Å². The fourth-order valence-electron chi connectivity index (χ4n) is 1.39. The number of carbonyl (C=O) groups is 1. The number of carbonyl (C=O) groups excluding carboxylic acids is 1. The summed E-state index contributed by atoms with van der Waals surface area (Å²) >= 11 is 5.73. The average molecular weight is 233 g/mol. The van der Waals surface area contributed by atoms with Crippen molar-refractivity contribution < 1.29 is 4.79 Å². The van der Waals surface area contributed by atoms with Gasteiger partial charge in [0.1, 0.15) is 5.15 Å². The molecule has 2 rings (SSSR count). The maximum atomic E-state index is 12.0. The Morgan fingerprint density at radius 1 is 1.25 bits per heavy atom. The minimum absolute atomic E-state index is 0.0968. The molecular weight excluding hydrogens is 224 g/mol. The molecule has 4 heteroatoms. The van der Waals surface area contributed by atoms with E-state index in [9.17, 15) is 4.79 Å². The molecule has 0 aromatic carbocycles. The van der Waals surface area contributed by atoms with Gasteiger partial charge in [-0.1, -0.05) is 11.6 Å². The Morgan fingerprint density at radius 2 is 2.06 bits per heavy atom. The van der Waals surface area contributed by atoms with Crippen molar-refractivity contribution in [3.63, 3.8) is 0 Å². The number of halogens is 1. The average Bonchev–Trinajstić information content (AvgIpc) is 2.28. The van der Waals surface area contributed by atoms with E-state index >= 15 is 0 Å². The van der Waals surface area contributed by atoms with Crippen molar-refractivity contribution in [3.05, 3.63) is 58.6 Å². The highest BCUT2D eigenvalue weighted by molar-refractivity contribution is 6.29. The minimum atomic E-state index is -0.0968. The van der Waals surface area contributed by atoms with Crippen LogP contribution in [0.2, 0.25) is 5.15 Å². The third kappa shape index (κ3) is 2.25. The predicted octanol–water partition coefficient (Wildman–Crippen LogP) is 2.67. The van der Waals surface area contributed by atoms with E-state index in [4.69, 9.17) is 11.6 Å². The van der Waals surface area contributed by atoms with Gasteiger partial charge in [0.05, 0.1) is 0 Å². The van der Waals surface area contributed by atoms with Gasteiger partial charge in [-0.15, -0.1) is 0 Å². The van der Waals surface area contributed by atoms with Crippen LogP contribution >= 0.6 is 11.6 Å². The van der Waals surface area contributed by atoms with E-state index in [2.05, 4.69) is 9.97 Å². The van der Waals surface area contributed by atoms with E-state index in [1.165, 1.54) is 6.20 Å². The van der Waals surface area contributed by atoms with Gasteiger partial charge in [-0.25, -0.2) is 4.98 Å². The standard InChI is InChI=1S/C12H9ClN2O/c1-8-4-10(7-14-6-8)12(16)9-2-3-15-11(13)5-9/h2-7H,1H3. The lowest BCUT2D eigenvalue weighted by Gasteiger charge is -2.01. The van der Waals surface area contributed by atoms with Crippen molar-refractivity contribution in [1.29, 1.82) is 0 Å². The molecule has 2 aromatic rings. The Hall–Kier alpha value is -1.74. The summed E-state index contributed by atoms with van der Waals surface area (Å²) in [5.74, 6) is -0.0968. The van der Waals surface area contributed by atoms with Crippen molar-refractivity contribution >= 4 is 17.4 Å². The second-order valence-electron chi connectivity index (χ2n) is 3.45. The van der Waals surface area contributed by atoms with Gasteiger partial charge in [-0.3, -0.25) is 9.78 Å². The third-order valence-electron chi connectivity index (χ3n) is 2.13.